The van der Waals surface area contributed by atoms with E-state index in [2.05, 4.69) is 6.92 Å². The van der Waals surface area contributed by atoms with Crippen molar-refractivity contribution < 1.29 is 27.4 Å². The standard InChI is InChI=1S/C33H37F3O3/c1-3-4-5-6-7-20-38-30-19-14-25(21-29(30)34)23-12-15-26(16-13-23)39-33(37)28-18-17-27(31(35)32(28)36)24-10-8-22(2)9-11-24/h8-11,14,17-19,21,23,26H,3-7,12-13,15-16,20H2,1-2H3. The van der Waals surface area contributed by atoms with Gasteiger partial charge in [0.1, 0.15) is 6.10 Å². The third kappa shape index (κ3) is 7.43. The predicted molar refractivity (Wildman–Crippen MR) is 148 cm³/mol. The van der Waals surface area contributed by atoms with Crippen molar-refractivity contribution >= 4 is 5.97 Å². The number of hydrogen-bond acceptors (Lipinski definition) is 3. The average Bonchev–Trinajstić information content (AvgIpc) is 2.94. The Kier molecular flexibility index (Phi) is 10.1. The van der Waals surface area contributed by atoms with Gasteiger partial charge in [-0.2, -0.15) is 0 Å². The van der Waals surface area contributed by atoms with Gasteiger partial charge in [-0.15, -0.1) is 0 Å². The Morgan fingerprint density at radius 2 is 1.56 bits per heavy atom. The van der Waals surface area contributed by atoms with Crippen LogP contribution in [0.2, 0.25) is 0 Å². The number of carbonyl (C=O) groups is 1. The highest BCUT2D eigenvalue weighted by Crippen LogP contribution is 2.36. The number of ether oxygens (including phenoxy) is 2. The Morgan fingerprint density at radius 3 is 2.26 bits per heavy atom. The molecule has 0 N–H and O–H groups in total. The molecule has 3 aromatic carbocycles. The number of benzene rings is 3. The minimum Gasteiger partial charge on any atom is -0.491 e. The molecule has 0 radical (unpaired) electrons. The highest BCUT2D eigenvalue weighted by Gasteiger charge is 2.28. The summed E-state index contributed by atoms with van der Waals surface area (Å²) in [7, 11) is 0. The van der Waals surface area contributed by atoms with Crippen molar-refractivity contribution in [2.75, 3.05) is 6.61 Å². The minimum absolute atomic E-state index is 0.0974. The topological polar surface area (TPSA) is 35.5 Å². The maximum Gasteiger partial charge on any atom is 0.341 e. The number of unbranched alkanes of at least 4 members (excludes halogenated alkanes) is 4. The molecule has 208 valence electrons. The first-order valence-electron chi connectivity index (χ1n) is 14.1. The van der Waals surface area contributed by atoms with Gasteiger partial charge in [0, 0.05) is 5.56 Å². The van der Waals surface area contributed by atoms with Crippen LogP contribution in [0.5, 0.6) is 5.75 Å². The van der Waals surface area contributed by atoms with Crippen molar-refractivity contribution in [1.82, 2.24) is 0 Å². The lowest BCUT2D eigenvalue weighted by atomic mass is 9.82. The Hall–Kier alpha value is -3.28. The van der Waals surface area contributed by atoms with Gasteiger partial charge in [-0.25, -0.2) is 18.0 Å². The lowest BCUT2D eigenvalue weighted by Crippen LogP contribution is -2.24. The third-order valence-electron chi connectivity index (χ3n) is 7.55. The molecule has 0 aliphatic heterocycles. The summed E-state index contributed by atoms with van der Waals surface area (Å²) in [5, 5.41) is 0. The summed E-state index contributed by atoms with van der Waals surface area (Å²) in [6.07, 6.45) is 7.72. The van der Waals surface area contributed by atoms with E-state index in [4.69, 9.17) is 9.47 Å². The molecule has 1 saturated carbocycles. The summed E-state index contributed by atoms with van der Waals surface area (Å²) in [6, 6.07) is 14.9. The first-order chi connectivity index (χ1) is 18.9. The zero-order chi connectivity index (χ0) is 27.8. The Balaban J connectivity index is 1.29. The Bertz CT molecular complexity index is 1250. The molecule has 1 aliphatic rings. The maximum atomic E-state index is 14.8. The highest BCUT2D eigenvalue weighted by atomic mass is 19.2. The summed E-state index contributed by atoms with van der Waals surface area (Å²) in [6.45, 7) is 4.59. The number of hydrogen-bond donors (Lipinski definition) is 0. The molecule has 0 saturated heterocycles. The van der Waals surface area contributed by atoms with Crippen LogP contribution < -0.4 is 4.74 Å². The van der Waals surface area contributed by atoms with E-state index >= 15 is 0 Å². The van der Waals surface area contributed by atoms with Gasteiger partial charge in [-0.05, 0) is 74.3 Å². The molecule has 3 nitrogen and oxygen atoms in total. The van der Waals surface area contributed by atoms with Crippen LogP contribution in [0, 0.1) is 24.4 Å². The normalized spacial score (nSPS) is 17.2. The van der Waals surface area contributed by atoms with Crippen molar-refractivity contribution in [3.63, 3.8) is 0 Å². The molecule has 1 aliphatic carbocycles. The van der Waals surface area contributed by atoms with Crippen molar-refractivity contribution in [2.24, 2.45) is 0 Å². The van der Waals surface area contributed by atoms with Gasteiger partial charge >= 0.3 is 5.97 Å². The largest absolute Gasteiger partial charge is 0.491 e. The number of carbonyl (C=O) groups excluding carboxylic acids is 1. The molecule has 0 bridgehead atoms. The summed E-state index contributed by atoms with van der Waals surface area (Å²) < 4.78 is 55.4. The van der Waals surface area contributed by atoms with Crippen molar-refractivity contribution in [3.8, 4) is 16.9 Å². The van der Waals surface area contributed by atoms with E-state index < -0.39 is 29.3 Å². The fraction of sp³-hybridized carbons (Fsp3) is 0.424. The summed E-state index contributed by atoms with van der Waals surface area (Å²) in [4.78, 5) is 12.7. The van der Waals surface area contributed by atoms with E-state index in [9.17, 15) is 18.0 Å². The van der Waals surface area contributed by atoms with E-state index in [-0.39, 0.29) is 23.0 Å². The Labute approximate surface area is 229 Å². The SMILES string of the molecule is CCCCCCCOc1ccc(C2CCC(OC(=O)c3ccc(-c4ccc(C)cc4)c(F)c3F)CC2)cc1F. The van der Waals surface area contributed by atoms with Gasteiger partial charge in [-0.1, -0.05) is 74.6 Å². The number of halogens is 3. The average molecular weight is 539 g/mol. The molecule has 39 heavy (non-hydrogen) atoms. The van der Waals surface area contributed by atoms with Gasteiger partial charge in [0.25, 0.3) is 0 Å². The molecule has 0 spiro atoms. The Morgan fingerprint density at radius 1 is 0.846 bits per heavy atom. The molecule has 1 fully saturated rings. The van der Waals surface area contributed by atoms with Gasteiger partial charge in [-0.3, -0.25) is 0 Å². The molecular formula is C33H37F3O3. The quantitative estimate of drug-likeness (QED) is 0.180. The third-order valence-corrected chi connectivity index (χ3v) is 7.55. The van der Waals surface area contributed by atoms with Crippen LogP contribution in [0.25, 0.3) is 11.1 Å². The van der Waals surface area contributed by atoms with Gasteiger partial charge in [0.2, 0.25) is 0 Å². The number of rotatable bonds is 11. The lowest BCUT2D eigenvalue weighted by Gasteiger charge is -2.29. The monoisotopic (exact) mass is 538 g/mol. The van der Waals surface area contributed by atoms with Crippen LogP contribution in [-0.2, 0) is 4.74 Å². The fourth-order valence-electron chi connectivity index (χ4n) is 5.17. The summed E-state index contributed by atoms with van der Waals surface area (Å²) in [5.74, 6) is -3.08. The molecule has 0 aromatic heterocycles. The second-order valence-corrected chi connectivity index (χ2v) is 10.5. The van der Waals surface area contributed by atoms with E-state index in [1.54, 1.807) is 18.2 Å². The van der Waals surface area contributed by atoms with Gasteiger partial charge in [0.15, 0.2) is 23.2 Å². The van der Waals surface area contributed by atoms with Crippen molar-refractivity contribution in [2.45, 2.75) is 83.7 Å². The van der Waals surface area contributed by atoms with Crippen LogP contribution in [-0.4, -0.2) is 18.7 Å². The number of aryl methyl sites for hydroxylation is 1. The molecule has 0 heterocycles. The zero-order valence-corrected chi connectivity index (χ0v) is 22.8. The second-order valence-electron chi connectivity index (χ2n) is 10.5. The molecule has 3 aromatic rings. The second kappa shape index (κ2) is 13.7. The van der Waals surface area contributed by atoms with Crippen molar-refractivity contribution in [1.29, 1.82) is 0 Å². The summed E-state index contributed by atoms with van der Waals surface area (Å²) >= 11 is 0. The zero-order valence-electron chi connectivity index (χ0n) is 22.8. The van der Waals surface area contributed by atoms with Gasteiger partial charge in [0.05, 0.1) is 12.2 Å². The molecule has 6 heteroatoms. The molecule has 0 atom stereocenters. The molecular weight excluding hydrogens is 501 g/mol. The number of esters is 1. The first kappa shape index (κ1) is 28.7. The van der Waals surface area contributed by atoms with Crippen LogP contribution in [0.1, 0.15) is 92.1 Å². The van der Waals surface area contributed by atoms with E-state index in [0.29, 0.717) is 37.9 Å². The molecule has 0 amide bonds. The van der Waals surface area contributed by atoms with Crippen LogP contribution in [0.4, 0.5) is 13.2 Å². The molecule has 4 rings (SSSR count). The first-order valence-corrected chi connectivity index (χ1v) is 14.1. The maximum absolute atomic E-state index is 14.8. The molecule has 0 unspecified atom stereocenters. The predicted octanol–water partition coefficient (Wildman–Crippen LogP) is 9.31. The smallest absolute Gasteiger partial charge is 0.341 e. The van der Waals surface area contributed by atoms with Crippen LogP contribution >= 0.6 is 0 Å². The van der Waals surface area contributed by atoms with E-state index in [1.165, 1.54) is 37.5 Å². The highest BCUT2D eigenvalue weighted by molar-refractivity contribution is 5.90. The van der Waals surface area contributed by atoms with Crippen LogP contribution in [0.3, 0.4) is 0 Å². The fourth-order valence-corrected chi connectivity index (χ4v) is 5.17. The summed E-state index contributed by atoms with van der Waals surface area (Å²) in [5.41, 5.74) is 2.13. The van der Waals surface area contributed by atoms with Crippen molar-refractivity contribution in [3.05, 3.63) is 88.7 Å². The van der Waals surface area contributed by atoms with E-state index in [0.717, 1.165) is 24.0 Å². The van der Waals surface area contributed by atoms with Gasteiger partial charge < -0.3 is 9.47 Å². The van der Waals surface area contributed by atoms with Crippen LogP contribution in [0.15, 0.2) is 54.6 Å². The minimum atomic E-state index is -1.20. The van der Waals surface area contributed by atoms with E-state index in [1.807, 2.05) is 25.1 Å². The lowest BCUT2D eigenvalue weighted by molar-refractivity contribution is 0.0189.